The van der Waals surface area contributed by atoms with Crippen LogP contribution in [-0.2, 0) is 0 Å². The number of thiazole rings is 1. The molecular weight excluding hydrogens is 365 g/mol. The van der Waals surface area contributed by atoms with E-state index in [1.165, 1.54) is 23.5 Å². The van der Waals surface area contributed by atoms with Gasteiger partial charge >= 0.3 is 0 Å². The SMILES string of the molecule is Cc1sc(NC(=O)c2cc3ccccc3c(=O)[nH]2)nc1-c1ccc(F)cc1. The number of pyridine rings is 1. The van der Waals surface area contributed by atoms with E-state index >= 15 is 0 Å². The van der Waals surface area contributed by atoms with E-state index in [4.69, 9.17) is 0 Å². The third-order valence-corrected chi connectivity index (χ3v) is 5.02. The summed E-state index contributed by atoms with van der Waals surface area (Å²) in [5.74, 6) is -0.766. The highest BCUT2D eigenvalue weighted by Gasteiger charge is 2.15. The Kier molecular flexibility index (Phi) is 4.29. The van der Waals surface area contributed by atoms with Crippen LogP contribution in [0, 0.1) is 12.7 Å². The number of benzene rings is 2. The summed E-state index contributed by atoms with van der Waals surface area (Å²) < 4.78 is 13.1. The maximum Gasteiger partial charge on any atom is 0.273 e. The van der Waals surface area contributed by atoms with Crippen LogP contribution in [0.3, 0.4) is 0 Å². The fourth-order valence-corrected chi connectivity index (χ4v) is 3.65. The third-order valence-electron chi connectivity index (χ3n) is 4.13. The number of rotatable bonds is 3. The van der Waals surface area contributed by atoms with Crippen molar-refractivity contribution in [3.63, 3.8) is 0 Å². The number of aryl methyl sites for hydroxylation is 1. The fraction of sp³-hybridized carbons (Fsp3) is 0.0500. The number of carbonyl (C=O) groups is 1. The highest BCUT2D eigenvalue weighted by molar-refractivity contribution is 7.16. The molecule has 0 saturated carbocycles. The van der Waals surface area contributed by atoms with Crippen LogP contribution >= 0.6 is 11.3 Å². The molecule has 1 amide bonds. The summed E-state index contributed by atoms with van der Waals surface area (Å²) in [6.45, 7) is 1.88. The van der Waals surface area contributed by atoms with Gasteiger partial charge in [-0.15, -0.1) is 11.3 Å². The van der Waals surface area contributed by atoms with Gasteiger partial charge in [-0.25, -0.2) is 9.37 Å². The first-order valence-electron chi connectivity index (χ1n) is 8.18. The van der Waals surface area contributed by atoms with E-state index in [1.807, 2.05) is 13.0 Å². The molecule has 0 radical (unpaired) electrons. The van der Waals surface area contributed by atoms with E-state index in [-0.39, 0.29) is 17.1 Å². The Morgan fingerprint density at radius 3 is 2.67 bits per heavy atom. The number of anilines is 1. The van der Waals surface area contributed by atoms with Crippen LogP contribution in [0.5, 0.6) is 0 Å². The first-order valence-corrected chi connectivity index (χ1v) is 9.00. The maximum atomic E-state index is 13.1. The molecule has 4 aromatic rings. The topological polar surface area (TPSA) is 74.8 Å². The lowest BCUT2D eigenvalue weighted by Gasteiger charge is -2.03. The Morgan fingerprint density at radius 1 is 1.15 bits per heavy atom. The number of amides is 1. The van der Waals surface area contributed by atoms with E-state index in [0.717, 1.165) is 10.4 Å². The zero-order valence-corrected chi connectivity index (χ0v) is 15.1. The summed E-state index contributed by atoms with van der Waals surface area (Å²) in [6, 6.07) is 14.7. The van der Waals surface area contributed by atoms with E-state index < -0.39 is 5.91 Å². The molecule has 2 aromatic carbocycles. The zero-order chi connectivity index (χ0) is 19.0. The third kappa shape index (κ3) is 3.37. The van der Waals surface area contributed by atoms with Crippen molar-refractivity contribution in [1.82, 2.24) is 9.97 Å². The number of hydrogen-bond donors (Lipinski definition) is 2. The molecule has 134 valence electrons. The summed E-state index contributed by atoms with van der Waals surface area (Å²) in [5.41, 5.74) is 1.29. The van der Waals surface area contributed by atoms with Crippen LogP contribution in [0.15, 0.2) is 59.4 Å². The van der Waals surface area contributed by atoms with Crippen molar-refractivity contribution < 1.29 is 9.18 Å². The van der Waals surface area contributed by atoms with E-state index in [2.05, 4.69) is 15.3 Å². The second-order valence-electron chi connectivity index (χ2n) is 5.98. The second kappa shape index (κ2) is 6.77. The fourth-order valence-electron chi connectivity index (χ4n) is 2.82. The quantitative estimate of drug-likeness (QED) is 0.556. The van der Waals surface area contributed by atoms with Gasteiger partial charge in [-0.05, 0) is 48.7 Å². The molecule has 0 fully saturated rings. The molecule has 5 nitrogen and oxygen atoms in total. The summed E-state index contributed by atoms with van der Waals surface area (Å²) in [6.07, 6.45) is 0. The molecule has 4 rings (SSSR count). The van der Waals surface area contributed by atoms with E-state index in [1.54, 1.807) is 36.4 Å². The largest absolute Gasteiger partial charge is 0.317 e. The molecule has 0 aliphatic carbocycles. The van der Waals surface area contributed by atoms with Gasteiger partial charge < -0.3 is 4.98 Å². The molecule has 27 heavy (non-hydrogen) atoms. The van der Waals surface area contributed by atoms with Crippen molar-refractivity contribution in [2.75, 3.05) is 5.32 Å². The van der Waals surface area contributed by atoms with E-state index in [9.17, 15) is 14.0 Å². The maximum absolute atomic E-state index is 13.1. The number of nitrogens with zero attached hydrogens (tertiary/aromatic N) is 1. The van der Waals surface area contributed by atoms with Gasteiger partial charge in [0.1, 0.15) is 11.5 Å². The Balaban J connectivity index is 1.63. The molecule has 7 heteroatoms. The van der Waals surface area contributed by atoms with Crippen molar-refractivity contribution in [2.45, 2.75) is 6.92 Å². The normalized spacial score (nSPS) is 10.9. The molecule has 0 spiro atoms. The van der Waals surface area contributed by atoms with Crippen LogP contribution in [0.4, 0.5) is 9.52 Å². The molecule has 0 atom stereocenters. The van der Waals surface area contributed by atoms with Gasteiger partial charge in [0.25, 0.3) is 11.5 Å². The highest BCUT2D eigenvalue weighted by atomic mass is 32.1. The predicted molar refractivity (Wildman–Crippen MR) is 105 cm³/mol. The Labute approximate surface area is 157 Å². The van der Waals surface area contributed by atoms with Crippen molar-refractivity contribution in [2.24, 2.45) is 0 Å². The number of hydrogen-bond acceptors (Lipinski definition) is 4. The standard InChI is InChI=1S/C20H14FN3O2S/c1-11-17(12-6-8-14(21)9-7-12)23-20(27-11)24-19(26)16-10-13-4-2-3-5-15(13)18(25)22-16/h2-10H,1H3,(H,22,25)(H,23,24,26). The molecule has 0 aliphatic heterocycles. The number of nitrogens with one attached hydrogen (secondary N) is 2. The second-order valence-corrected chi connectivity index (χ2v) is 7.19. The molecular formula is C20H14FN3O2S. The van der Waals surface area contributed by atoms with Crippen LogP contribution in [0.25, 0.3) is 22.0 Å². The van der Waals surface area contributed by atoms with Crippen molar-refractivity contribution >= 4 is 33.1 Å². The Hall–Kier alpha value is -3.32. The lowest BCUT2D eigenvalue weighted by Crippen LogP contribution is -2.18. The first-order chi connectivity index (χ1) is 13.0. The zero-order valence-electron chi connectivity index (χ0n) is 14.2. The number of carbonyl (C=O) groups excluding carboxylic acids is 1. The Bertz CT molecular complexity index is 1210. The molecule has 0 unspecified atom stereocenters. The van der Waals surface area contributed by atoms with Crippen LogP contribution in [-0.4, -0.2) is 15.9 Å². The minimum atomic E-state index is -0.447. The first kappa shape index (κ1) is 17.1. The molecule has 2 heterocycles. The highest BCUT2D eigenvalue weighted by Crippen LogP contribution is 2.30. The van der Waals surface area contributed by atoms with Gasteiger partial charge in [-0.2, -0.15) is 0 Å². The van der Waals surface area contributed by atoms with Crippen LogP contribution in [0.1, 0.15) is 15.4 Å². The van der Waals surface area contributed by atoms with Gasteiger partial charge in [-0.1, -0.05) is 18.2 Å². The monoisotopic (exact) mass is 379 g/mol. The minimum Gasteiger partial charge on any atom is -0.317 e. The molecule has 0 aliphatic rings. The average Bonchev–Trinajstić information content (AvgIpc) is 3.02. The number of halogens is 1. The summed E-state index contributed by atoms with van der Waals surface area (Å²) >= 11 is 1.32. The Morgan fingerprint density at radius 2 is 1.89 bits per heavy atom. The minimum absolute atomic E-state index is 0.162. The molecule has 0 bridgehead atoms. The molecule has 2 N–H and O–H groups in total. The summed E-state index contributed by atoms with van der Waals surface area (Å²) in [7, 11) is 0. The average molecular weight is 379 g/mol. The van der Waals surface area contributed by atoms with E-state index in [0.29, 0.717) is 21.6 Å². The van der Waals surface area contributed by atoms with Gasteiger partial charge in [0.05, 0.1) is 5.69 Å². The molecule has 2 aromatic heterocycles. The number of H-pyrrole nitrogens is 1. The number of aromatic nitrogens is 2. The summed E-state index contributed by atoms with van der Waals surface area (Å²) in [4.78, 5) is 32.6. The van der Waals surface area contributed by atoms with Crippen molar-refractivity contribution in [3.05, 3.63) is 81.3 Å². The number of fused-ring (bicyclic) bond motifs is 1. The smallest absolute Gasteiger partial charge is 0.273 e. The summed E-state index contributed by atoms with van der Waals surface area (Å²) in [5, 5.41) is 4.34. The lowest BCUT2D eigenvalue weighted by molar-refractivity contribution is 0.102. The molecule has 0 saturated heterocycles. The van der Waals surface area contributed by atoms with Gasteiger partial charge in [0.15, 0.2) is 5.13 Å². The van der Waals surface area contributed by atoms with Gasteiger partial charge in [0.2, 0.25) is 0 Å². The van der Waals surface area contributed by atoms with Crippen molar-refractivity contribution in [1.29, 1.82) is 0 Å². The van der Waals surface area contributed by atoms with Crippen molar-refractivity contribution in [3.8, 4) is 11.3 Å². The predicted octanol–water partition coefficient (Wildman–Crippen LogP) is 4.35. The van der Waals surface area contributed by atoms with Gasteiger partial charge in [-0.3, -0.25) is 14.9 Å². The number of aromatic amines is 1. The van der Waals surface area contributed by atoms with Gasteiger partial charge in [0, 0.05) is 15.8 Å². The lowest BCUT2D eigenvalue weighted by atomic mass is 10.1. The van der Waals surface area contributed by atoms with Crippen LogP contribution in [0.2, 0.25) is 0 Å². The van der Waals surface area contributed by atoms with Crippen LogP contribution < -0.4 is 10.9 Å².